The number of hydrogen-bond donors (Lipinski definition) is 1. The lowest BCUT2D eigenvalue weighted by molar-refractivity contribution is 0.0697. The van der Waals surface area contributed by atoms with Crippen molar-refractivity contribution in [2.24, 2.45) is 0 Å². The van der Waals surface area contributed by atoms with Gasteiger partial charge in [-0.05, 0) is 38.0 Å². The summed E-state index contributed by atoms with van der Waals surface area (Å²) in [6.07, 6.45) is 2.18. The van der Waals surface area contributed by atoms with Crippen LogP contribution in [-0.2, 0) is 6.54 Å². The normalized spacial score (nSPS) is 14.8. The Hall–Kier alpha value is -2.37. The number of fused-ring (bicyclic) bond motifs is 1. The summed E-state index contributed by atoms with van der Waals surface area (Å²) in [7, 11) is 0. The van der Waals surface area contributed by atoms with Crippen molar-refractivity contribution in [1.29, 1.82) is 0 Å². The van der Waals surface area contributed by atoms with Crippen LogP contribution in [0.15, 0.2) is 23.0 Å². The van der Waals surface area contributed by atoms with Crippen molar-refractivity contribution in [3.8, 4) is 0 Å². The molecule has 1 aromatic heterocycles. The molecule has 1 aromatic carbocycles. The molecule has 1 saturated heterocycles. The van der Waals surface area contributed by atoms with Gasteiger partial charge in [0, 0.05) is 19.6 Å². The standard InChI is InChI=1S/C15H17N3O3/c1-2-18-13(19)11-6-5-10(14(20)21)9-12(11)16-15(18)17-7-3-4-8-17/h5-6,9H,2-4,7-8H2,1H3,(H,20,21). The molecule has 6 heteroatoms. The van der Waals surface area contributed by atoms with Gasteiger partial charge in [0.1, 0.15) is 0 Å². The topological polar surface area (TPSA) is 75.4 Å². The van der Waals surface area contributed by atoms with Crippen LogP contribution in [0.5, 0.6) is 0 Å². The Morgan fingerprint density at radius 2 is 2.05 bits per heavy atom. The third-order valence-electron chi connectivity index (χ3n) is 3.89. The van der Waals surface area contributed by atoms with Gasteiger partial charge in [-0.2, -0.15) is 0 Å². The number of carbonyl (C=O) groups is 1. The zero-order chi connectivity index (χ0) is 15.0. The molecule has 110 valence electrons. The molecular formula is C15H17N3O3. The first-order chi connectivity index (χ1) is 10.1. The Labute approximate surface area is 121 Å². The SMILES string of the molecule is CCn1c(N2CCCC2)nc2cc(C(=O)O)ccc2c1=O. The first kappa shape index (κ1) is 13.6. The molecule has 2 heterocycles. The number of carboxylic acids is 1. The van der Waals surface area contributed by atoms with Gasteiger partial charge in [-0.25, -0.2) is 9.78 Å². The van der Waals surface area contributed by atoms with E-state index in [1.54, 1.807) is 10.6 Å². The van der Waals surface area contributed by atoms with Gasteiger partial charge in [-0.3, -0.25) is 9.36 Å². The van der Waals surface area contributed by atoms with Crippen molar-refractivity contribution in [2.75, 3.05) is 18.0 Å². The van der Waals surface area contributed by atoms with Crippen LogP contribution < -0.4 is 10.5 Å². The van der Waals surface area contributed by atoms with Crippen molar-refractivity contribution in [1.82, 2.24) is 9.55 Å². The summed E-state index contributed by atoms with van der Waals surface area (Å²) in [5.41, 5.74) is 0.490. The van der Waals surface area contributed by atoms with Gasteiger partial charge in [0.05, 0.1) is 16.5 Å². The molecule has 0 atom stereocenters. The largest absolute Gasteiger partial charge is 0.478 e. The van der Waals surface area contributed by atoms with E-state index in [4.69, 9.17) is 5.11 Å². The molecule has 0 spiro atoms. The summed E-state index contributed by atoms with van der Waals surface area (Å²) in [6.45, 7) is 4.24. The summed E-state index contributed by atoms with van der Waals surface area (Å²) in [5.74, 6) is -0.365. The summed E-state index contributed by atoms with van der Waals surface area (Å²) in [5, 5.41) is 9.54. The van der Waals surface area contributed by atoms with Gasteiger partial charge in [0.2, 0.25) is 5.95 Å². The van der Waals surface area contributed by atoms with E-state index in [1.807, 2.05) is 6.92 Å². The average molecular weight is 287 g/mol. The highest BCUT2D eigenvalue weighted by Crippen LogP contribution is 2.20. The van der Waals surface area contributed by atoms with E-state index < -0.39 is 5.97 Å². The van der Waals surface area contributed by atoms with Crippen LogP contribution in [0, 0.1) is 0 Å². The molecule has 3 rings (SSSR count). The molecular weight excluding hydrogens is 270 g/mol. The molecule has 0 aliphatic carbocycles. The molecule has 1 fully saturated rings. The van der Waals surface area contributed by atoms with Crippen LogP contribution in [0.1, 0.15) is 30.1 Å². The number of rotatable bonds is 3. The summed E-state index contributed by atoms with van der Waals surface area (Å²) in [6, 6.07) is 4.47. The molecule has 2 aromatic rings. The maximum Gasteiger partial charge on any atom is 0.335 e. The fraction of sp³-hybridized carbons (Fsp3) is 0.400. The Morgan fingerprint density at radius 1 is 1.33 bits per heavy atom. The van der Waals surface area contributed by atoms with Crippen molar-refractivity contribution < 1.29 is 9.90 Å². The Morgan fingerprint density at radius 3 is 2.67 bits per heavy atom. The van der Waals surface area contributed by atoms with E-state index in [1.165, 1.54) is 12.1 Å². The van der Waals surface area contributed by atoms with Gasteiger partial charge in [0.25, 0.3) is 5.56 Å². The molecule has 21 heavy (non-hydrogen) atoms. The predicted octanol–water partition coefficient (Wildman–Crippen LogP) is 1.71. The molecule has 6 nitrogen and oxygen atoms in total. The molecule has 1 N–H and O–H groups in total. The first-order valence-corrected chi connectivity index (χ1v) is 7.14. The minimum Gasteiger partial charge on any atom is -0.478 e. The van der Waals surface area contributed by atoms with E-state index in [-0.39, 0.29) is 11.1 Å². The third-order valence-corrected chi connectivity index (χ3v) is 3.89. The van der Waals surface area contributed by atoms with Crippen molar-refractivity contribution in [3.05, 3.63) is 34.1 Å². The van der Waals surface area contributed by atoms with Crippen LogP contribution in [0.2, 0.25) is 0 Å². The van der Waals surface area contributed by atoms with Crippen LogP contribution >= 0.6 is 0 Å². The van der Waals surface area contributed by atoms with E-state index in [9.17, 15) is 9.59 Å². The number of anilines is 1. The van der Waals surface area contributed by atoms with Gasteiger partial charge >= 0.3 is 5.97 Å². The van der Waals surface area contributed by atoms with Crippen molar-refractivity contribution in [3.63, 3.8) is 0 Å². The van der Waals surface area contributed by atoms with Gasteiger partial charge in [-0.15, -0.1) is 0 Å². The fourth-order valence-corrected chi connectivity index (χ4v) is 2.79. The van der Waals surface area contributed by atoms with Gasteiger partial charge in [0.15, 0.2) is 0 Å². The highest BCUT2D eigenvalue weighted by atomic mass is 16.4. The zero-order valence-electron chi connectivity index (χ0n) is 11.9. The Kier molecular flexibility index (Phi) is 3.37. The summed E-state index contributed by atoms with van der Waals surface area (Å²) in [4.78, 5) is 30.3. The number of aromatic carboxylic acids is 1. The number of carboxylic acid groups (broad SMARTS) is 1. The molecule has 0 bridgehead atoms. The lowest BCUT2D eigenvalue weighted by Gasteiger charge is -2.21. The maximum atomic E-state index is 12.6. The second-order valence-electron chi connectivity index (χ2n) is 5.19. The van der Waals surface area contributed by atoms with Crippen LogP contribution in [0.4, 0.5) is 5.95 Å². The van der Waals surface area contributed by atoms with Crippen LogP contribution in [-0.4, -0.2) is 33.7 Å². The number of aromatic nitrogens is 2. The lowest BCUT2D eigenvalue weighted by atomic mass is 10.1. The van der Waals surface area contributed by atoms with Crippen LogP contribution in [0.3, 0.4) is 0 Å². The predicted molar refractivity (Wildman–Crippen MR) is 80.1 cm³/mol. The third kappa shape index (κ3) is 2.26. The fourth-order valence-electron chi connectivity index (χ4n) is 2.79. The van der Waals surface area contributed by atoms with Gasteiger partial charge in [-0.1, -0.05) is 0 Å². The molecule has 0 amide bonds. The molecule has 0 unspecified atom stereocenters. The lowest BCUT2D eigenvalue weighted by Crippen LogP contribution is -2.30. The minimum absolute atomic E-state index is 0.110. The number of benzene rings is 1. The average Bonchev–Trinajstić information content (AvgIpc) is 3.00. The minimum atomic E-state index is -1.01. The van der Waals surface area contributed by atoms with E-state index >= 15 is 0 Å². The number of hydrogen-bond acceptors (Lipinski definition) is 4. The molecule has 1 aliphatic rings. The quantitative estimate of drug-likeness (QED) is 0.930. The summed E-state index contributed by atoms with van der Waals surface area (Å²) >= 11 is 0. The second-order valence-corrected chi connectivity index (χ2v) is 5.19. The second kappa shape index (κ2) is 5.20. The highest BCUT2D eigenvalue weighted by Gasteiger charge is 2.19. The zero-order valence-corrected chi connectivity index (χ0v) is 11.9. The van der Waals surface area contributed by atoms with E-state index in [2.05, 4.69) is 9.88 Å². The van der Waals surface area contributed by atoms with E-state index in [0.29, 0.717) is 23.4 Å². The van der Waals surface area contributed by atoms with Crippen molar-refractivity contribution in [2.45, 2.75) is 26.3 Å². The Bertz CT molecular complexity index is 761. The summed E-state index contributed by atoms with van der Waals surface area (Å²) < 4.78 is 1.66. The molecule has 0 saturated carbocycles. The molecule has 1 aliphatic heterocycles. The van der Waals surface area contributed by atoms with Crippen molar-refractivity contribution >= 4 is 22.8 Å². The Balaban J connectivity index is 2.25. The highest BCUT2D eigenvalue weighted by molar-refractivity contribution is 5.93. The smallest absolute Gasteiger partial charge is 0.335 e. The van der Waals surface area contributed by atoms with Crippen LogP contribution in [0.25, 0.3) is 10.9 Å². The number of nitrogens with zero attached hydrogens (tertiary/aromatic N) is 3. The van der Waals surface area contributed by atoms with E-state index in [0.717, 1.165) is 25.9 Å². The monoisotopic (exact) mass is 287 g/mol. The first-order valence-electron chi connectivity index (χ1n) is 7.14. The molecule has 0 radical (unpaired) electrons. The maximum absolute atomic E-state index is 12.6. The van der Waals surface area contributed by atoms with Gasteiger partial charge < -0.3 is 10.0 Å².